The lowest BCUT2D eigenvalue weighted by molar-refractivity contribution is 0.399. The summed E-state index contributed by atoms with van der Waals surface area (Å²) in [5, 5.41) is 0. The summed E-state index contributed by atoms with van der Waals surface area (Å²) in [6.45, 7) is 0.344. The van der Waals surface area contributed by atoms with E-state index in [0.717, 1.165) is 25.7 Å². The van der Waals surface area contributed by atoms with Crippen LogP contribution in [0, 0.1) is 0 Å². The maximum absolute atomic E-state index is 12.4. The van der Waals surface area contributed by atoms with Crippen LogP contribution in [-0.4, -0.2) is 20.5 Å². The summed E-state index contributed by atoms with van der Waals surface area (Å²) in [6.07, 6.45) is 3.67. The molecule has 1 aliphatic carbocycles. The Morgan fingerprint density at radius 2 is 1.89 bits per heavy atom. The van der Waals surface area contributed by atoms with Crippen LogP contribution in [0.25, 0.3) is 0 Å². The van der Waals surface area contributed by atoms with E-state index in [4.69, 9.17) is 5.73 Å². The molecule has 0 aromatic heterocycles. The van der Waals surface area contributed by atoms with Gasteiger partial charge in [0.25, 0.3) is 0 Å². The van der Waals surface area contributed by atoms with Crippen molar-refractivity contribution in [1.29, 1.82) is 0 Å². The van der Waals surface area contributed by atoms with E-state index < -0.39 is 15.6 Å². The molecule has 18 heavy (non-hydrogen) atoms. The molecule has 1 saturated carbocycles. The summed E-state index contributed by atoms with van der Waals surface area (Å²) in [5.74, 6) is 0. The average molecular weight is 333 g/mol. The first kappa shape index (κ1) is 14.0. The standard InChI is InChI=1S/C12H17BrN2O2S/c13-10-5-1-2-6-11(10)18(16,17)15-12(9-14)7-3-4-8-12/h1-2,5-6,15H,3-4,7-9,14H2. The lowest BCUT2D eigenvalue weighted by Crippen LogP contribution is -2.51. The summed E-state index contributed by atoms with van der Waals surface area (Å²) in [5.41, 5.74) is 5.29. The van der Waals surface area contributed by atoms with Gasteiger partial charge in [-0.05, 0) is 40.9 Å². The summed E-state index contributed by atoms with van der Waals surface area (Å²) in [4.78, 5) is 0.268. The Labute approximate surface area is 116 Å². The molecule has 0 aliphatic heterocycles. The van der Waals surface area contributed by atoms with Gasteiger partial charge in [0.15, 0.2) is 0 Å². The normalized spacial score (nSPS) is 19.0. The number of hydrogen-bond donors (Lipinski definition) is 2. The largest absolute Gasteiger partial charge is 0.329 e. The number of rotatable bonds is 4. The summed E-state index contributed by atoms with van der Waals surface area (Å²) in [7, 11) is -3.52. The monoisotopic (exact) mass is 332 g/mol. The van der Waals surface area contributed by atoms with Crippen molar-refractivity contribution in [2.75, 3.05) is 6.54 Å². The fraction of sp³-hybridized carbons (Fsp3) is 0.500. The van der Waals surface area contributed by atoms with Gasteiger partial charge in [-0.1, -0.05) is 25.0 Å². The Morgan fingerprint density at radius 3 is 2.44 bits per heavy atom. The predicted octanol–water partition coefficient (Wildman–Crippen LogP) is 2.00. The Kier molecular flexibility index (Phi) is 4.11. The minimum Gasteiger partial charge on any atom is -0.329 e. The molecule has 4 nitrogen and oxygen atoms in total. The van der Waals surface area contributed by atoms with Gasteiger partial charge in [0, 0.05) is 16.6 Å². The van der Waals surface area contributed by atoms with Gasteiger partial charge in [-0.2, -0.15) is 0 Å². The molecular formula is C12H17BrN2O2S. The van der Waals surface area contributed by atoms with Crippen LogP contribution >= 0.6 is 15.9 Å². The molecule has 1 fully saturated rings. The van der Waals surface area contributed by atoms with Gasteiger partial charge < -0.3 is 5.73 Å². The summed E-state index contributed by atoms with van der Waals surface area (Å²) in [6, 6.07) is 6.81. The van der Waals surface area contributed by atoms with Gasteiger partial charge >= 0.3 is 0 Å². The quantitative estimate of drug-likeness (QED) is 0.885. The third-order valence-corrected chi connectivity index (χ3v) is 6.02. The van der Waals surface area contributed by atoms with Crippen molar-refractivity contribution in [1.82, 2.24) is 4.72 Å². The molecule has 0 unspecified atom stereocenters. The number of halogens is 1. The molecule has 100 valence electrons. The van der Waals surface area contributed by atoms with Crippen LogP contribution in [-0.2, 0) is 10.0 Å². The molecule has 0 heterocycles. The molecule has 2 rings (SSSR count). The highest BCUT2D eigenvalue weighted by Crippen LogP contribution is 2.31. The molecule has 0 bridgehead atoms. The highest BCUT2D eigenvalue weighted by atomic mass is 79.9. The Morgan fingerprint density at radius 1 is 1.28 bits per heavy atom. The Hall–Kier alpha value is -0.430. The molecule has 3 N–H and O–H groups in total. The van der Waals surface area contributed by atoms with Crippen LogP contribution in [0.3, 0.4) is 0 Å². The van der Waals surface area contributed by atoms with E-state index in [-0.39, 0.29) is 4.90 Å². The van der Waals surface area contributed by atoms with Crippen molar-refractivity contribution in [3.63, 3.8) is 0 Å². The van der Waals surface area contributed by atoms with Crippen molar-refractivity contribution in [3.05, 3.63) is 28.7 Å². The second kappa shape index (κ2) is 5.28. The number of benzene rings is 1. The zero-order valence-electron chi connectivity index (χ0n) is 10.0. The van der Waals surface area contributed by atoms with Crippen LogP contribution in [0.2, 0.25) is 0 Å². The van der Waals surface area contributed by atoms with E-state index in [0.29, 0.717) is 11.0 Å². The zero-order chi connectivity index (χ0) is 13.2. The molecule has 1 aromatic carbocycles. The summed E-state index contributed by atoms with van der Waals surface area (Å²) < 4.78 is 28.1. The molecule has 1 aromatic rings. The predicted molar refractivity (Wildman–Crippen MR) is 74.7 cm³/mol. The average Bonchev–Trinajstić information content (AvgIpc) is 2.78. The highest BCUT2D eigenvalue weighted by Gasteiger charge is 2.37. The maximum atomic E-state index is 12.4. The van der Waals surface area contributed by atoms with Crippen LogP contribution in [0.15, 0.2) is 33.6 Å². The van der Waals surface area contributed by atoms with E-state index in [1.165, 1.54) is 0 Å². The highest BCUT2D eigenvalue weighted by molar-refractivity contribution is 9.10. The minimum absolute atomic E-state index is 0.268. The van der Waals surface area contributed by atoms with Gasteiger partial charge in [-0.3, -0.25) is 0 Å². The Balaban J connectivity index is 2.30. The number of nitrogens with one attached hydrogen (secondary N) is 1. The topological polar surface area (TPSA) is 72.2 Å². The first-order valence-electron chi connectivity index (χ1n) is 5.98. The van der Waals surface area contributed by atoms with Crippen molar-refractivity contribution < 1.29 is 8.42 Å². The minimum atomic E-state index is -3.52. The van der Waals surface area contributed by atoms with Crippen molar-refractivity contribution in [3.8, 4) is 0 Å². The van der Waals surface area contributed by atoms with Crippen LogP contribution < -0.4 is 10.5 Å². The molecular weight excluding hydrogens is 316 g/mol. The lowest BCUT2D eigenvalue weighted by Gasteiger charge is -2.28. The second-order valence-corrected chi connectivity index (χ2v) is 7.23. The first-order valence-corrected chi connectivity index (χ1v) is 8.25. The molecule has 0 saturated heterocycles. The van der Waals surface area contributed by atoms with Gasteiger partial charge in [-0.25, -0.2) is 13.1 Å². The molecule has 6 heteroatoms. The molecule has 0 spiro atoms. The lowest BCUT2D eigenvalue weighted by atomic mass is 10.0. The van der Waals surface area contributed by atoms with Gasteiger partial charge in [0.1, 0.15) is 0 Å². The molecule has 1 aliphatic rings. The Bertz CT molecular complexity index is 525. The SMILES string of the molecule is NCC1(NS(=O)(=O)c2ccccc2Br)CCCC1. The van der Waals surface area contributed by atoms with E-state index in [2.05, 4.69) is 20.7 Å². The van der Waals surface area contributed by atoms with Gasteiger partial charge in [0.2, 0.25) is 10.0 Å². The van der Waals surface area contributed by atoms with E-state index in [9.17, 15) is 8.42 Å². The maximum Gasteiger partial charge on any atom is 0.242 e. The molecule has 0 radical (unpaired) electrons. The van der Waals surface area contributed by atoms with E-state index in [1.54, 1.807) is 24.3 Å². The van der Waals surface area contributed by atoms with E-state index >= 15 is 0 Å². The molecule has 0 atom stereocenters. The van der Waals surface area contributed by atoms with Crippen LogP contribution in [0.4, 0.5) is 0 Å². The smallest absolute Gasteiger partial charge is 0.242 e. The van der Waals surface area contributed by atoms with Crippen molar-refractivity contribution in [2.45, 2.75) is 36.1 Å². The van der Waals surface area contributed by atoms with E-state index in [1.807, 2.05) is 0 Å². The fourth-order valence-electron chi connectivity index (χ4n) is 2.40. The van der Waals surface area contributed by atoms with Gasteiger partial charge in [0.05, 0.1) is 4.90 Å². The van der Waals surface area contributed by atoms with Crippen molar-refractivity contribution >= 4 is 26.0 Å². The zero-order valence-corrected chi connectivity index (χ0v) is 12.4. The third-order valence-electron chi connectivity index (χ3n) is 3.43. The second-order valence-electron chi connectivity index (χ2n) is 4.73. The number of nitrogens with two attached hydrogens (primary N) is 1. The molecule has 0 amide bonds. The van der Waals surface area contributed by atoms with Gasteiger partial charge in [-0.15, -0.1) is 0 Å². The third kappa shape index (κ3) is 2.77. The first-order chi connectivity index (χ1) is 8.49. The van der Waals surface area contributed by atoms with Crippen LogP contribution in [0.5, 0.6) is 0 Å². The van der Waals surface area contributed by atoms with Crippen LogP contribution in [0.1, 0.15) is 25.7 Å². The number of sulfonamides is 1. The number of hydrogen-bond acceptors (Lipinski definition) is 3. The fourth-order valence-corrected chi connectivity index (χ4v) is 4.88. The summed E-state index contributed by atoms with van der Waals surface area (Å²) >= 11 is 3.27. The van der Waals surface area contributed by atoms with Crippen molar-refractivity contribution in [2.24, 2.45) is 5.73 Å².